The smallest absolute Gasteiger partial charge is 0.0705 e. The molecule has 0 unspecified atom stereocenters. The standard InChI is InChI=1S/C28H35N3/c1-19-7-6-8-28(23(19)5)31(26-10-12-29-13-11-26)18-24-9-14-30-27(17-24)25-15-20(2)22(4)21(3)16-25/h6-9,14-17,26,29H,10-13,18H2,1-5H3. The summed E-state index contributed by atoms with van der Waals surface area (Å²) in [5, 5.41) is 3.52. The van der Waals surface area contributed by atoms with E-state index in [1.165, 1.54) is 57.5 Å². The van der Waals surface area contributed by atoms with Crippen LogP contribution in [-0.2, 0) is 6.54 Å². The first-order valence-electron chi connectivity index (χ1n) is 11.5. The molecule has 3 aromatic rings. The van der Waals surface area contributed by atoms with Gasteiger partial charge in [0.1, 0.15) is 0 Å². The number of nitrogens with zero attached hydrogens (tertiary/aromatic N) is 2. The summed E-state index contributed by atoms with van der Waals surface area (Å²) in [6, 6.07) is 16.3. The van der Waals surface area contributed by atoms with E-state index >= 15 is 0 Å². The minimum absolute atomic E-state index is 0.558. The van der Waals surface area contributed by atoms with Crippen molar-refractivity contribution in [2.45, 2.75) is 60.0 Å². The summed E-state index contributed by atoms with van der Waals surface area (Å²) < 4.78 is 0. The topological polar surface area (TPSA) is 28.2 Å². The number of aromatic nitrogens is 1. The van der Waals surface area contributed by atoms with E-state index in [2.05, 4.69) is 87.3 Å². The van der Waals surface area contributed by atoms with Gasteiger partial charge in [-0.2, -0.15) is 0 Å². The molecule has 0 radical (unpaired) electrons. The van der Waals surface area contributed by atoms with Crippen molar-refractivity contribution in [2.75, 3.05) is 18.0 Å². The highest BCUT2D eigenvalue weighted by atomic mass is 15.2. The molecule has 2 heterocycles. The van der Waals surface area contributed by atoms with Crippen molar-refractivity contribution < 1.29 is 0 Å². The van der Waals surface area contributed by atoms with Crippen LogP contribution < -0.4 is 10.2 Å². The maximum atomic E-state index is 4.72. The van der Waals surface area contributed by atoms with Crippen molar-refractivity contribution in [3.05, 3.63) is 82.0 Å². The Labute approximate surface area is 187 Å². The average molecular weight is 414 g/mol. The third kappa shape index (κ3) is 4.67. The Balaban J connectivity index is 1.69. The molecule has 1 aliphatic rings. The number of hydrogen-bond acceptors (Lipinski definition) is 3. The zero-order chi connectivity index (χ0) is 22.0. The van der Waals surface area contributed by atoms with Crippen molar-refractivity contribution in [3.63, 3.8) is 0 Å². The van der Waals surface area contributed by atoms with Gasteiger partial charge < -0.3 is 10.2 Å². The predicted molar refractivity (Wildman–Crippen MR) is 132 cm³/mol. The molecule has 1 fully saturated rings. The summed E-state index contributed by atoms with van der Waals surface area (Å²) in [4.78, 5) is 7.35. The summed E-state index contributed by atoms with van der Waals surface area (Å²) in [7, 11) is 0. The Hall–Kier alpha value is -2.65. The summed E-state index contributed by atoms with van der Waals surface area (Å²) in [6.07, 6.45) is 4.34. The number of rotatable bonds is 5. The lowest BCUT2D eigenvalue weighted by atomic mass is 9.97. The second-order valence-electron chi connectivity index (χ2n) is 9.11. The first kappa shape index (κ1) is 21.6. The minimum Gasteiger partial charge on any atom is -0.364 e. The van der Waals surface area contributed by atoms with E-state index in [1.807, 2.05) is 6.20 Å². The lowest BCUT2D eigenvalue weighted by molar-refractivity contribution is 0.428. The highest BCUT2D eigenvalue weighted by molar-refractivity contribution is 5.64. The fraction of sp³-hybridized carbons (Fsp3) is 0.393. The first-order chi connectivity index (χ1) is 14.9. The molecule has 31 heavy (non-hydrogen) atoms. The van der Waals surface area contributed by atoms with Gasteiger partial charge in [-0.05, 0) is 124 Å². The fourth-order valence-electron chi connectivity index (χ4n) is 4.69. The SMILES string of the molecule is Cc1cc(-c2cc(CN(c3cccc(C)c3C)C3CCNCC3)ccn2)cc(C)c1C. The molecule has 0 spiro atoms. The molecule has 0 amide bonds. The molecule has 0 saturated carbocycles. The van der Waals surface area contributed by atoms with Crippen LogP contribution in [0.2, 0.25) is 0 Å². The second kappa shape index (κ2) is 9.23. The molecule has 0 atom stereocenters. The van der Waals surface area contributed by atoms with Crippen molar-refractivity contribution in [2.24, 2.45) is 0 Å². The molecule has 1 aliphatic heterocycles. The summed E-state index contributed by atoms with van der Waals surface area (Å²) in [5.41, 5.74) is 11.7. The number of pyridine rings is 1. The van der Waals surface area contributed by atoms with E-state index in [1.54, 1.807) is 0 Å². The van der Waals surface area contributed by atoms with Crippen LogP contribution in [0.4, 0.5) is 5.69 Å². The lowest BCUT2D eigenvalue weighted by Gasteiger charge is -2.37. The Bertz CT molecular complexity index is 1040. The molecular formula is C28H35N3. The van der Waals surface area contributed by atoms with E-state index in [9.17, 15) is 0 Å². The van der Waals surface area contributed by atoms with Crippen LogP contribution in [-0.4, -0.2) is 24.1 Å². The van der Waals surface area contributed by atoms with Crippen molar-refractivity contribution in [1.82, 2.24) is 10.3 Å². The molecule has 3 nitrogen and oxygen atoms in total. The van der Waals surface area contributed by atoms with Crippen LogP contribution in [0.5, 0.6) is 0 Å². The molecule has 1 N–H and O–H groups in total. The van der Waals surface area contributed by atoms with E-state index in [0.29, 0.717) is 6.04 Å². The average Bonchev–Trinajstić information content (AvgIpc) is 2.78. The number of aryl methyl sites for hydroxylation is 3. The van der Waals surface area contributed by atoms with Crippen molar-refractivity contribution in [3.8, 4) is 11.3 Å². The second-order valence-corrected chi connectivity index (χ2v) is 9.11. The van der Waals surface area contributed by atoms with Gasteiger partial charge in [-0.15, -0.1) is 0 Å². The maximum Gasteiger partial charge on any atom is 0.0705 e. The Morgan fingerprint density at radius 2 is 1.58 bits per heavy atom. The van der Waals surface area contributed by atoms with Gasteiger partial charge in [0, 0.05) is 30.0 Å². The summed E-state index contributed by atoms with van der Waals surface area (Å²) >= 11 is 0. The lowest BCUT2D eigenvalue weighted by Crippen LogP contribution is -2.43. The van der Waals surface area contributed by atoms with Gasteiger partial charge in [0.2, 0.25) is 0 Å². The molecule has 1 aromatic heterocycles. The van der Waals surface area contributed by atoms with E-state index < -0.39 is 0 Å². The number of benzene rings is 2. The number of anilines is 1. The van der Waals surface area contributed by atoms with Crippen LogP contribution in [0.15, 0.2) is 48.7 Å². The molecule has 4 rings (SSSR count). The number of hydrogen-bond donors (Lipinski definition) is 1. The minimum atomic E-state index is 0.558. The molecule has 2 aromatic carbocycles. The molecule has 0 bridgehead atoms. The van der Waals surface area contributed by atoms with E-state index in [4.69, 9.17) is 4.98 Å². The van der Waals surface area contributed by atoms with E-state index in [-0.39, 0.29) is 0 Å². The predicted octanol–water partition coefficient (Wildman–Crippen LogP) is 6.05. The largest absolute Gasteiger partial charge is 0.364 e. The van der Waals surface area contributed by atoms with Crippen molar-refractivity contribution >= 4 is 5.69 Å². The molecule has 162 valence electrons. The van der Waals surface area contributed by atoms with Crippen LogP contribution in [0.3, 0.4) is 0 Å². The maximum absolute atomic E-state index is 4.72. The third-order valence-corrected chi connectivity index (χ3v) is 7.03. The molecule has 0 aliphatic carbocycles. The Morgan fingerprint density at radius 1 is 0.871 bits per heavy atom. The van der Waals surface area contributed by atoms with Gasteiger partial charge in [-0.3, -0.25) is 4.98 Å². The first-order valence-corrected chi connectivity index (χ1v) is 11.5. The van der Waals surface area contributed by atoms with Crippen LogP contribution in [0.1, 0.15) is 46.2 Å². The highest BCUT2D eigenvalue weighted by Gasteiger charge is 2.23. The van der Waals surface area contributed by atoms with Crippen LogP contribution in [0, 0.1) is 34.6 Å². The Morgan fingerprint density at radius 3 is 2.29 bits per heavy atom. The van der Waals surface area contributed by atoms with Gasteiger partial charge in [-0.1, -0.05) is 12.1 Å². The zero-order valence-electron chi connectivity index (χ0n) is 19.6. The van der Waals surface area contributed by atoms with Gasteiger partial charge in [0.05, 0.1) is 5.69 Å². The Kier molecular flexibility index (Phi) is 6.43. The quantitative estimate of drug-likeness (QED) is 0.552. The molecule has 3 heteroatoms. The normalized spacial score (nSPS) is 14.6. The van der Waals surface area contributed by atoms with Gasteiger partial charge >= 0.3 is 0 Å². The molecule has 1 saturated heterocycles. The third-order valence-electron chi connectivity index (χ3n) is 7.03. The van der Waals surface area contributed by atoms with Crippen LogP contribution >= 0.6 is 0 Å². The number of piperidine rings is 1. The van der Waals surface area contributed by atoms with Gasteiger partial charge in [0.15, 0.2) is 0 Å². The number of nitrogens with one attached hydrogen (secondary N) is 1. The van der Waals surface area contributed by atoms with Gasteiger partial charge in [0.25, 0.3) is 0 Å². The zero-order valence-corrected chi connectivity index (χ0v) is 19.6. The summed E-state index contributed by atoms with van der Waals surface area (Å²) in [6.45, 7) is 14.1. The van der Waals surface area contributed by atoms with Crippen LogP contribution in [0.25, 0.3) is 11.3 Å². The molecular weight excluding hydrogens is 378 g/mol. The van der Waals surface area contributed by atoms with Crippen molar-refractivity contribution in [1.29, 1.82) is 0 Å². The highest BCUT2D eigenvalue weighted by Crippen LogP contribution is 2.30. The van der Waals surface area contributed by atoms with E-state index in [0.717, 1.165) is 25.3 Å². The summed E-state index contributed by atoms with van der Waals surface area (Å²) in [5.74, 6) is 0. The fourth-order valence-corrected chi connectivity index (χ4v) is 4.69. The monoisotopic (exact) mass is 413 g/mol. The van der Waals surface area contributed by atoms with Gasteiger partial charge in [-0.25, -0.2) is 0 Å².